The highest BCUT2D eigenvalue weighted by Gasteiger charge is 2.19. The third-order valence-electron chi connectivity index (χ3n) is 5.96. The van der Waals surface area contributed by atoms with E-state index in [1.54, 1.807) is 0 Å². The van der Waals surface area contributed by atoms with Gasteiger partial charge in [0.05, 0.1) is 0 Å². The first kappa shape index (κ1) is 20.4. The molecule has 0 spiro atoms. The van der Waals surface area contributed by atoms with Crippen LogP contribution in [-0.2, 0) is 5.41 Å². The molecule has 1 unspecified atom stereocenters. The second kappa shape index (κ2) is 8.12. The maximum atomic E-state index is 13.5. The largest absolute Gasteiger partial charge is 0.872 e. The predicted octanol–water partition coefficient (Wildman–Crippen LogP) is 5.95. The fraction of sp³-hybridized carbons (Fsp3) is 0.286. The summed E-state index contributed by atoms with van der Waals surface area (Å²) in [5.74, 6) is -0.133. The lowest BCUT2D eigenvalue weighted by Gasteiger charge is -2.34. The van der Waals surface area contributed by atoms with Crippen LogP contribution in [0.4, 0.5) is 0 Å². The van der Waals surface area contributed by atoms with Gasteiger partial charge in [0.2, 0.25) is 0 Å². The van der Waals surface area contributed by atoms with E-state index >= 15 is 0 Å². The van der Waals surface area contributed by atoms with Crippen molar-refractivity contribution in [2.75, 3.05) is 0 Å². The third-order valence-corrected chi connectivity index (χ3v) is 5.96. The van der Waals surface area contributed by atoms with Gasteiger partial charge in [0, 0.05) is 0 Å². The normalized spacial score (nSPS) is 15.3. The lowest BCUT2D eigenvalue weighted by atomic mass is 9.82. The van der Waals surface area contributed by atoms with Gasteiger partial charge < -0.3 is 10.2 Å². The second-order valence-corrected chi connectivity index (χ2v) is 9.20. The molecule has 4 rings (SSSR count). The van der Waals surface area contributed by atoms with Crippen molar-refractivity contribution in [2.45, 2.75) is 51.6 Å². The van der Waals surface area contributed by atoms with Gasteiger partial charge in [0.25, 0.3) is 0 Å². The molecule has 3 aromatic rings. The summed E-state index contributed by atoms with van der Waals surface area (Å²) in [5.41, 5.74) is 3.92. The molecular weight excluding hydrogens is 368 g/mol. The second-order valence-electron chi connectivity index (χ2n) is 9.20. The summed E-state index contributed by atoms with van der Waals surface area (Å²) in [6, 6.07) is 18.0. The Bertz CT molecular complexity index is 1120. The van der Waals surface area contributed by atoms with Gasteiger partial charge in [-0.25, -0.2) is 0 Å². The first-order valence-corrected chi connectivity index (χ1v) is 10.7. The number of allylic oxidation sites excluding steroid dienone is 3. The first-order chi connectivity index (χ1) is 14.3. The topological polar surface area (TPSA) is 46.1 Å². The standard InChI is InChI=1S/C28H29O2/c1-28(2,3)21-17-24(23-15-9-13-20-12-7-8-14-22(20)23)27(30)25(18-21)26(29)16-19-10-5-4-6-11-19/h4-5,7-10,12-15,17-18,26,30H,6,11,16H2,1-3H3/q-1/p-1. The molecule has 154 valence electrons. The average Bonchev–Trinajstić information content (AvgIpc) is 2.73. The molecule has 0 bridgehead atoms. The van der Waals surface area contributed by atoms with E-state index in [-0.39, 0.29) is 11.2 Å². The first-order valence-electron chi connectivity index (χ1n) is 10.7. The van der Waals surface area contributed by atoms with Gasteiger partial charge in [-0.15, -0.1) is 0 Å². The van der Waals surface area contributed by atoms with E-state index in [1.807, 2.05) is 54.6 Å². The van der Waals surface area contributed by atoms with Crippen LogP contribution >= 0.6 is 0 Å². The highest BCUT2D eigenvalue weighted by Crippen LogP contribution is 2.41. The molecule has 1 atom stereocenters. The van der Waals surface area contributed by atoms with Gasteiger partial charge in [-0.3, -0.25) is 0 Å². The zero-order valence-corrected chi connectivity index (χ0v) is 17.9. The minimum absolute atomic E-state index is 0.133. The number of rotatable bonds is 4. The van der Waals surface area contributed by atoms with Crippen molar-refractivity contribution in [3.05, 3.63) is 89.5 Å². The summed E-state index contributed by atoms with van der Waals surface area (Å²) in [7, 11) is 0. The fourth-order valence-electron chi connectivity index (χ4n) is 4.15. The lowest BCUT2D eigenvalue weighted by Crippen LogP contribution is -2.21. The average molecular weight is 397 g/mol. The van der Waals surface area contributed by atoms with Crippen molar-refractivity contribution in [2.24, 2.45) is 0 Å². The number of fused-ring (bicyclic) bond motifs is 1. The molecule has 1 aliphatic rings. The zero-order chi connectivity index (χ0) is 21.3. The predicted molar refractivity (Wildman–Crippen MR) is 121 cm³/mol. The van der Waals surface area contributed by atoms with Gasteiger partial charge in [0.15, 0.2) is 0 Å². The quantitative estimate of drug-likeness (QED) is 0.547. The number of benzene rings is 3. The lowest BCUT2D eigenvalue weighted by molar-refractivity contribution is -0.428. The molecule has 0 saturated heterocycles. The van der Waals surface area contributed by atoms with Gasteiger partial charge in [-0.05, 0) is 52.1 Å². The Labute approximate surface area is 179 Å². The van der Waals surface area contributed by atoms with E-state index in [0.717, 1.165) is 40.3 Å². The van der Waals surface area contributed by atoms with Crippen LogP contribution in [0.2, 0.25) is 0 Å². The van der Waals surface area contributed by atoms with Crippen molar-refractivity contribution in [1.29, 1.82) is 0 Å². The molecule has 0 N–H and O–H groups in total. The number of hydrogen-bond donors (Lipinski definition) is 0. The Hall–Kier alpha value is -2.84. The Kier molecular flexibility index (Phi) is 5.53. The summed E-state index contributed by atoms with van der Waals surface area (Å²) in [5, 5.41) is 29.0. The fourth-order valence-corrected chi connectivity index (χ4v) is 4.15. The summed E-state index contributed by atoms with van der Waals surface area (Å²) >= 11 is 0. The van der Waals surface area contributed by atoms with Gasteiger partial charge in [0.1, 0.15) is 0 Å². The molecule has 0 amide bonds. The summed E-state index contributed by atoms with van der Waals surface area (Å²) in [6.07, 6.45) is 7.36. The molecule has 2 heteroatoms. The van der Waals surface area contributed by atoms with E-state index in [0.29, 0.717) is 17.5 Å². The van der Waals surface area contributed by atoms with Crippen molar-refractivity contribution in [3.63, 3.8) is 0 Å². The highest BCUT2D eigenvalue weighted by atomic mass is 16.3. The Balaban J connectivity index is 1.87. The Morgan fingerprint density at radius 3 is 2.47 bits per heavy atom. The summed E-state index contributed by atoms with van der Waals surface area (Å²) < 4.78 is 0. The van der Waals surface area contributed by atoms with Crippen molar-refractivity contribution < 1.29 is 10.2 Å². The van der Waals surface area contributed by atoms with Gasteiger partial charge >= 0.3 is 0 Å². The van der Waals surface area contributed by atoms with Crippen LogP contribution in [0, 0.1) is 0 Å². The Morgan fingerprint density at radius 2 is 1.73 bits per heavy atom. The molecule has 0 fully saturated rings. The SMILES string of the molecule is CC(C)(C)c1cc(-c2cccc3ccccc23)c([O-])c(C([O-])CC2=CC=CCC2)c1. The molecule has 0 heterocycles. The molecule has 0 radical (unpaired) electrons. The monoisotopic (exact) mass is 396 g/mol. The maximum absolute atomic E-state index is 13.5. The minimum Gasteiger partial charge on any atom is -0.872 e. The summed E-state index contributed by atoms with van der Waals surface area (Å²) in [6.45, 7) is 6.37. The van der Waals surface area contributed by atoms with Crippen molar-refractivity contribution in [1.82, 2.24) is 0 Å². The highest BCUT2D eigenvalue weighted by molar-refractivity contribution is 5.98. The zero-order valence-electron chi connectivity index (χ0n) is 17.9. The van der Waals surface area contributed by atoms with E-state index in [4.69, 9.17) is 0 Å². The third kappa shape index (κ3) is 4.06. The molecule has 1 aliphatic carbocycles. The molecule has 3 aromatic carbocycles. The van der Waals surface area contributed by atoms with Gasteiger partial charge in [-0.2, -0.15) is 0 Å². The maximum Gasteiger partial charge on any atom is -0.0106 e. The summed E-state index contributed by atoms with van der Waals surface area (Å²) in [4.78, 5) is 0. The molecule has 30 heavy (non-hydrogen) atoms. The van der Waals surface area contributed by atoms with E-state index in [2.05, 4.69) is 39.0 Å². The van der Waals surface area contributed by atoms with Crippen LogP contribution in [0.15, 0.2) is 78.4 Å². The van der Waals surface area contributed by atoms with Crippen molar-refractivity contribution in [3.8, 4) is 16.9 Å². The molecule has 0 aliphatic heterocycles. The molecule has 0 aromatic heterocycles. The van der Waals surface area contributed by atoms with Crippen LogP contribution in [-0.4, -0.2) is 0 Å². The van der Waals surface area contributed by atoms with E-state index in [1.165, 1.54) is 0 Å². The van der Waals surface area contributed by atoms with Crippen LogP contribution < -0.4 is 10.2 Å². The number of hydrogen-bond acceptors (Lipinski definition) is 2. The smallest absolute Gasteiger partial charge is 0.0106 e. The van der Waals surface area contributed by atoms with Crippen LogP contribution in [0.25, 0.3) is 21.9 Å². The molecule has 0 saturated carbocycles. The molecular formula is C28H28O2-2. The van der Waals surface area contributed by atoms with Crippen LogP contribution in [0.1, 0.15) is 57.3 Å². The van der Waals surface area contributed by atoms with Crippen molar-refractivity contribution >= 4 is 10.8 Å². The minimum atomic E-state index is -1.05. The van der Waals surface area contributed by atoms with Gasteiger partial charge in [-0.1, -0.05) is 117 Å². The van der Waals surface area contributed by atoms with Crippen LogP contribution in [0.3, 0.4) is 0 Å². The van der Waals surface area contributed by atoms with E-state index in [9.17, 15) is 10.2 Å². The molecule has 2 nitrogen and oxygen atoms in total. The van der Waals surface area contributed by atoms with Crippen LogP contribution in [0.5, 0.6) is 5.75 Å². The van der Waals surface area contributed by atoms with E-state index < -0.39 is 6.10 Å². The Morgan fingerprint density at radius 1 is 0.967 bits per heavy atom.